The Morgan fingerprint density at radius 1 is 1.17 bits per heavy atom. The lowest BCUT2D eigenvalue weighted by Gasteiger charge is -2.32. The molecule has 0 radical (unpaired) electrons. The summed E-state index contributed by atoms with van der Waals surface area (Å²) in [5.41, 5.74) is 0.537. The molecule has 0 bridgehead atoms. The van der Waals surface area contributed by atoms with Crippen LogP contribution in [-0.4, -0.2) is 41.4 Å². The van der Waals surface area contributed by atoms with Gasteiger partial charge in [-0.3, -0.25) is 14.9 Å². The summed E-state index contributed by atoms with van der Waals surface area (Å²) in [6.45, 7) is 2.61. The van der Waals surface area contributed by atoms with Gasteiger partial charge in [0.1, 0.15) is 0 Å². The van der Waals surface area contributed by atoms with Gasteiger partial charge >= 0.3 is 0 Å². The van der Waals surface area contributed by atoms with Crippen molar-refractivity contribution < 1.29 is 9.72 Å². The number of halogens is 1. The highest BCUT2D eigenvalue weighted by molar-refractivity contribution is 5.94. The Bertz CT molecular complexity index is 552. The van der Waals surface area contributed by atoms with Crippen molar-refractivity contribution >= 4 is 24.0 Å². The molecule has 0 atom stereocenters. The van der Waals surface area contributed by atoms with E-state index in [0.717, 1.165) is 38.4 Å². The van der Waals surface area contributed by atoms with E-state index in [-0.39, 0.29) is 24.0 Å². The lowest BCUT2D eigenvalue weighted by atomic mass is 10.0. The molecule has 6 nitrogen and oxygen atoms in total. The van der Waals surface area contributed by atoms with Crippen LogP contribution in [0.15, 0.2) is 24.3 Å². The van der Waals surface area contributed by atoms with Gasteiger partial charge in [0.15, 0.2) is 0 Å². The number of piperidine rings is 1. The third-order valence-electron chi connectivity index (χ3n) is 4.50. The van der Waals surface area contributed by atoms with Crippen LogP contribution < -0.4 is 5.32 Å². The predicted molar refractivity (Wildman–Crippen MR) is 90.0 cm³/mol. The highest BCUT2D eigenvalue weighted by Crippen LogP contribution is 2.28. The Morgan fingerprint density at radius 3 is 2.30 bits per heavy atom. The van der Waals surface area contributed by atoms with Gasteiger partial charge in [0, 0.05) is 36.8 Å². The van der Waals surface area contributed by atoms with E-state index < -0.39 is 4.92 Å². The summed E-state index contributed by atoms with van der Waals surface area (Å²) in [4.78, 5) is 24.4. The lowest BCUT2D eigenvalue weighted by Crippen LogP contribution is -2.45. The van der Waals surface area contributed by atoms with Crippen LogP contribution in [-0.2, 0) is 0 Å². The number of carbonyl (C=O) groups excluding carboxylic acids is 1. The van der Waals surface area contributed by atoms with E-state index in [1.807, 2.05) is 4.90 Å². The number of likely N-dealkylation sites (tertiary alicyclic amines) is 1. The van der Waals surface area contributed by atoms with Crippen molar-refractivity contribution in [3.63, 3.8) is 0 Å². The number of nitrogens with one attached hydrogen (secondary N) is 1. The van der Waals surface area contributed by atoms with Crippen LogP contribution in [0.3, 0.4) is 0 Å². The van der Waals surface area contributed by atoms with E-state index >= 15 is 0 Å². The summed E-state index contributed by atoms with van der Waals surface area (Å²) >= 11 is 0. The van der Waals surface area contributed by atoms with Crippen LogP contribution in [0.2, 0.25) is 0 Å². The molecular weight excluding hydrogens is 318 g/mol. The second-order valence-electron chi connectivity index (χ2n) is 6.22. The van der Waals surface area contributed by atoms with E-state index in [4.69, 9.17) is 0 Å². The SMILES string of the molecule is Cl.O=C(c1ccc([N+](=O)[O-])cc1)N1CCC(NCC2CC2)CC1. The van der Waals surface area contributed by atoms with Crippen LogP contribution in [0, 0.1) is 16.0 Å². The van der Waals surface area contributed by atoms with Gasteiger partial charge in [-0.05, 0) is 50.3 Å². The first-order chi connectivity index (χ1) is 10.6. The molecule has 1 aliphatic carbocycles. The minimum absolute atomic E-state index is 0. The molecule has 2 aliphatic rings. The number of nitro groups is 1. The summed E-state index contributed by atoms with van der Waals surface area (Å²) in [6, 6.07) is 6.37. The Labute approximate surface area is 141 Å². The Kier molecular flexibility index (Phi) is 5.96. The number of hydrogen-bond acceptors (Lipinski definition) is 4. The monoisotopic (exact) mass is 339 g/mol. The van der Waals surface area contributed by atoms with Crippen LogP contribution in [0.4, 0.5) is 5.69 Å². The van der Waals surface area contributed by atoms with Gasteiger partial charge in [-0.1, -0.05) is 0 Å². The maximum atomic E-state index is 12.4. The second kappa shape index (κ2) is 7.75. The van der Waals surface area contributed by atoms with Gasteiger partial charge in [0.25, 0.3) is 11.6 Å². The van der Waals surface area contributed by atoms with Gasteiger partial charge < -0.3 is 10.2 Å². The van der Waals surface area contributed by atoms with E-state index in [1.165, 1.54) is 37.1 Å². The summed E-state index contributed by atoms with van der Waals surface area (Å²) in [7, 11) is 0. The Morgan fingerprint density at radius 2 is 1.78 bits per heavy atom. The van der Waals surface area contributed by atoms with E-state index in [9.17, 15) is 14.9 Å². The zero-order valence-electron chi connectivity index (χ0n) is 12.9. The molecule has 1 aromatic carbocycles. The molecule has 0 spiro atoms. The minimum atomic E-state index is -0.453. The maximum absolute atomic E-state index is 12.4. The molecule has 1 aliphatic heterocycles. The molecule has 0 aromatic heterocycles. The van der Waals surface area contributed by atoms with Crippen LogP contribution in [0.25, 0.3) is 0 Å². The van der Waals surface area contributed by atoms with Gasteiger partial charge in [0.2, 0.25) is 0 Å². The molecule has 2 fully saturated rings. The highest BCUT2D eigenvalue weighted by atomic mass is 35.5. The van der Waals surface area contributed by atoms with Crippen molar-refractivity contribution in [3.8, 4) is 0 Å². The Balaban J connectivity index is 0.00000192. The third kappa shape index (κ3) is 4.65. The summed E-state index contributed by atoms with van der Waals surface area (Å²) < 4.78 is 0. The van der Waals surface area contributed by atoms with Crippen molar-refractivity contribution in [2.24, 2.45) is 5.92 Å². The average Bonchev–Trinajstić information content (AvgIpc) is 3.37. The second-order valence-corrected chi connectivity index (χ2v) is 6.22. The number of nitrogens with zero attached hydrogens (tertiary/aromatic N) is 2. The number of non-ortho nitro benzene ring substituents is 1. The predicted octanol–water partition coefficient (Wildman–Crippen LogP) is 2.62. The highest BCUT2D eigenvalue weighted by Gasteiger charge is 2.26. The minimum Gasteiger partial charge on any atom is -0.339 e. The van der Waals surface area contributed by atoms with E-state index in [2.05, 4.69) is 5.32 Å². The van der Waals surface area contributed by atoms with Crippen LogP contribution in [0.1, 0.15) is 36.0 Å². The molecular formula is C16H22ClN3O3. The smallest absolute Gasteiger partial charge is 0.269 e. The first kappa shape index (κ1) is 17.7. The fraction of sp³-hybridized carbons (Fsp3) is 0.562. The molecule has 7 heteroatoms. The standard InChI is InChI=1S/C16H21N3O3.ClH/c20-16(13-3-5-15(6-4-13)19(21)22)18-9-7-14(8-10-18)17-11-12-1-2-12;/h3-6,12,14,17H,1-2,7-11H2;1H. The number of rotatable bonds is 5. The largest absolute Gasteiger partial charge is 0.339 e. The zero-order valence-corrected chi connectivity index (χ0v) is 13.8. The van der Waals surface area contributed by atoms with Gasteiger partial charge in [-0.25, -0.2) is 0 Å². The molecule has 1 amide bonds. The van der Waals surface area contributed by atoms with Gasteiger partial charge in [-0.15, -0.1) is 12.4 Å². The first-order valence-electron chi connectivity index (χ1n) is 7.90. The van der Waals surface area contributed by atoms with Crippen molar-refractivity contribution in [1.82, 2.24) is 10.2 Å². The zero-order chi connectivity index (χ0) is 15.5. The summed E-state index contributed by atoms with van der Waals surface area (Å²) in [6.07, 6.45) is 4.66. The fourth-order valence-corrected chi connectivity index (χ4v) is 2.85. The van der Waals surface area contributed by atoms with Gasteiger partial charge in [0.05, 0.1) is 4.92 Å². The fourth-order valence-electron chi connectivity index (χ4n) is 2.85. The molecule has 23 heavy (non-hydrogen) atoms. The molecule has 126 valence electrons. The molecule has 0 unspecified atom stereocenters. The van der Waals surface area contributed by atoms with Crippen LogP contribution in [0.5, 0.6) is 0 Å². The number of benzene rings is 1. The lowest BCUT2D eigenvalue weighted by molar-refractivity contribution is -0.384. The molecule has 1 saturated heterocycles. The normalized spacial score (nSPS) is 18.3. The van der Waals surface area contributed by atoms with Crippen molar-refractivity contribution in [1.29, 1.82) is 0 Å². The topological polar surface area (TPSA) is 75.5 Å². The Hall–Kier alpha value is -1.66. The molecule has 1 aromatic rings. The quantitative estimate of drug-likeness (QED) is 0.661. The summed E-state index contributed by atoms with van der Waals surface area (Å²) in [5, 5.41) is 14.2. The molecule has 1 N–H and O–H groups in total. The van der Waals surface area contributed by atoms with Crippen molar-refractivity contribution in [2.45, 2.75) is 31.7 Å². The van der Waals surface area contributed by atoms with Gasteiger partial charge in [-0.2, -0.15) is 0 Å². The molecule has 1 saturated carbocycles. The molecule has 3 rings (SSSR count). The number of hydrogen-bond donors (Lipinski definition) is 1. The van der Waals surface area contributed by atoms with Crippen molar-refractivity contribution in [3.05, 3.63) is 39.9 Å². The van der Waals surface area contributed by atoms with Crippen molar-refractivity contribution in [2.75, 3.05) is 19.6 Å². The number of carbonyl (C=O) groups is 1. The average molecular weight is 340 g/mol. The number of nitro benzene ring substituents is 1. The maximum Gasteiger partial charge on any atom is 0.269 e. The van der Waals surface area contributed by atoms with E-state index in [1.54, 1.807) is 0 Å². The van der Waals surface area contributed by atoms with Crippen LogP contribution >= 0.6 is 12.4 Å². The first-order valence-corrected chi connectivity index (χ1v) is 7.90. The number of amides is 1. The van der Waals surface area contributed by atoms with E-state index in [0.29, 0.717) is 11.6 Å². The third-order valence-corrected chi connectivity index (χ3v) is 4.50. The molecule has 1 heterocycles. The summed E-state index contributed by atoms with van der Waals surface area (Å²) in [5.74, 6) is 0.843.